The molecule has 9 nitrogen and oxygen atoms in total. The predicted molar refractivity (Wildman–Crippen MR) is 132 cm³/mol. The molecule has 0 bridgehead atoms. The van der Waals surface area contributed by atoms with Crippen LogP contribution in [0.25, 0.3) is 21.9 Å². The summed E-state index contributed by atoms with van der Waals surface area (Å²) in [6, 6.07) is 9.70. The monoisotopic (exact) mass is 542 g/mol. The molecule has 1 aliphatic carbocycles. The SMILES string of the molecule is CN1CCCN(C(=O)c2cc3c(c4ccccc4n3CC3CC3)n2S(C)(=O)=O)CC1.O=C(O)C(F)(F)F. The van der Waals surface area contributed by atoms with E-state index in [4.69, 9.17) is 9.90 Å². The summed E-state index contributed by atoms with van der Waals surface area (Å²) in [6.07, 6.45) is -0.605. The van der Waals surface area contributed by atoms with Crippen LogP contribution in [-0.2, 0) is 21.4 Å². The van der Waals surface area contributed by atoms with Gasteiger partial charge in [0.25, 0.3) is 5.91 Å². The number of nitrogens with zero attached hydrogens (tertiary/aromatic N) is 4. The highest BCUT2D eigenvalue weighted by Crippen LogP contribution is 2.38. The van der Waals surface area contributed by atoms with E-state index < -0.39 is 22.2 Å². The van der Waals surface area contributed by atoms with Crippen LogP contribution < -0.4 is 0 Å². The molecule has 1 aromatic carbocycles. The third-order valence-corrected chi connectivity index (χ3v) is 7.66. The minimum atomic E-state index is -5.08. The minimum Gasteiger partial charge on any atom is -0.475 e. The lowest BCUT2D eigenvalue weighted by Gasteiger charge is -2.21. The average Bonchev–Trinajstić information content (AvgIpc) is 3.52. The van der Waals surface area contributed by atoms with E-state index in [9.17, 15) is 26.4 Å². The number of aliphatic carboxylic acids is 1. The number of likely N-dealkylation sites (N-methyl/N-ethyl adjacent to an activating group) is 1. The van der Waals surface area contributed by atoms with Crippen LogP contribution in [-0.4, -0.2) is 89.4 Å². The van der Waals surface area contributed by atoms with E-state index >= 15 is 0 Å². The molecule has 1 saturated heterocycles. The molecule has 1 saturated carbocycles. The van der Waals surface area contributed by atoms with Gasteiger partial charge in [0.1, 0.15) is 5.69 Å². The molecule has 37 heavy (non-hydrogen) atoms. The molecule has 13 heteroatoms. The third kappa shape index (κ3) is 5.77. The second kappa shape index (κ2) is 10.0. The summed E-state index contributed by atoms with van der Waals surface area (Å²) in [5.74, 6) is -2.33. The Labute approximate surface area is 212 Å². The summed E-state index contributed by atoms with van der Waals surface area (Å²) in [5.41, 5.74) is 2.75. The number of para-hydroxylation sites is 1. The summed E-state index contributed by atoms with van der Waals surface area (Å²) in [6.45, 7) is 3.85. The second-order valence-electron chi connectivity index (χ2n) is 9.61. The van der Waals surface area contributed by atoms with Crippen molar-refractivity contribution >= 4 is 43.8 Å². The van der Waals surface area contributed by atoms with Gasteiger partial charge in [-0.2, -0.15) is 13.2 Å². The first-order chi connectivity index (χ1) is 17.3. The standard InChI is InChI=1S/C22H28N4O3S.C2HF3O2/c1-23-10-5-11-24(13-12-23)22(27)20-14-19-21(26(20)30(2,28)29)17-6-3-4-7-18(17)25(19)15-16-8-9-16;3-2(4,5)1(6)7/h3-4,6-7,14,16H,5,8-13,15H2,1-2H3;(H,6,7). The maximum Gasteiger partial charge on any atom is 0.490 e. The van der Waals surface area contributed by atoms with Crippen molar-refractivity contribution in [2.45, 2.75) is 32.0 Å². The molecule has 5 rings (SSSR count). The van der Waals surface area contributed by atoms with Crippen LogP contribution in [0.5, 0.6) is 0 Å². The molecule has 2 aromatic heterocycles. The molecule has 202 valence electrons. The molecule has 2 aliphatic rings. The van der Waals surface area contributed by atoms with Crippen LogP contribution in [0.2, 0.25) is 0 Å². The number of aromatic nitrogens is 2. The summed E-state index contributed by atoms with van der Waals surface area (Å²) in [5, 5.41) is 8.01. The van der Waals surface area contributed by atoms with Crippen molar-refractivity contribution in [1.82, 2.24) is 18.3 Å². The van der Waals surface area contributed by atoms with E-state index in [1.54, 1.807) is 11.0 Å². The van der Waals surface area contributed by atoms with E-state index in [1.807, 2.05) is 24.3 Å². The summed E-state index contributed by atoms with van der Waals surface area (Å²) in [4.78, 5) is 26.4. The highest BCUT2D eigenvalue weighted by molar-refractivity contribution is 7.89. The first-order valence-corrected chi connectivity index (χ1v) is 13.7. The fraction of sp³-hybridized carbons (Fsp3) is 0.500. The molecule has 2 fully saturated rings. The van der Waals surface area contributed by atoms with Gasteiger partial charge in [-0.15, -0.1) is 0 Å². The molecule has 1 aliphatic heterocycles. The number of carboxylic acids is 1. The lowest BCUT2D eigenvalue weighted by molar-refractivity contribution is -0.192. The van der Waals surface area contributed by atoms with Crippen molar-refractivity contribution in [2.75, 3.05) is 39.5 Å². The average molecular weight is 543 g/mol. The maximum absolute atomic E-state index is 13.5. The Kier molecular flexibility index (Phi) is 7.30. The maximum atomic E-state index is 13.5. The number of amides is 1. The Hall–Kier alpha value is -3.06. The van der Waals surface area contributed by atoms with Gasteiger partial charge in [-0.1, -0.05) is 18.2 Å². The normalized spacial score (nSPS) is 17.5. The van der Waals surface area contributed by atoms with Gasteiger partial charge in [-0.3, -0.25) is 4.79 Å². The molecule has 0 radical (unpaired) electrons. The highest BCUT2D eigenvalue weighted by Gasteiger charge is 2.38. The van der Waals surface area contributed by atoms with Crippen LogP contribution >= 0.6 is 0 Å². The molecular weight excluding hydrogens is 513 g/mol. The molecule has 1 N–H and O–H groups in total. The summed E-state index contributed by atoms with van der Waals surface area (Å²) in [7, 11) is -1.62. The summed E-state index contributed by atoms with van der Waals surface area (Å²) < 4.78 is 61.0. The van der Waals surface area contributed by atoms with E-state index in [0.717, 1.165) is 42.5 Å². The number of halogens is 3. The van der Waals surface area contributed by atoms with Gasteiger partial charge in [0, 0.05) is 31.6 Å². The van der Waals surface area contributed by atoms with Crippen LogP contribution in [0.1, 0.15) is 29.8 Å². The largest absolute Gasteiger partial charge is 0.490 e. The number of fused-ring (bicyclic) bond motifs is 3. The van der Waals surface area contributed by atoms with Gasteiger partial charge in [-0.05, 0) is 50.9 Å². The van der Waals surface area contributed by atoms with Gasteiger partial charge in [-0.25, -0.2) is 17.2 Å². The molecule has 0 unspecified atom stereocenters. The Morgan fingerprint density at radius 1 is 1.05 bits per heavy atom. The van der Waals surface area contributed by atoms with Gasteiger partial charge < -0.3 is 19.5 Å². The van der Waals surface area contributed by atoms with Crippen molar-refractivity contribution in [3.8, 4) is 0 Å². The molecule has 3 heterocycles. The first kappa shape index (κ1) is 27.0. The number of hydrogen-bond acceptors (Lipinski definition) is 5. The predicted octanol–water partition coefficient (Wildman–Crippen LogP) is 3.22. The van der Waals surface area contributed by atoms with E-state index in [0.29, 0.717) is 24.5 Å². The van der Waals surface area contributed by atoms with E-state index in [-0.39, 0.29) is 11.6 Å². The smallest absolute Gasteiger partial charge is 0.475 e. The first-order valence-electron chi connectivity index (χ1n) is 11.9. The Morgan fingerprint density at radius 2 is 1.70 bits per heavy atom. The van der Waals surface area contributed by atoms with Crippen molar-refractivity contribution in [3.63, 3.8) is 0 Å². The zero-order valence-electron chi connectivity index (χ0n) is 20.5. The zero-order valence-corrected chi connectivity index (χ0v) is 21.3. The highest BCUT2D eigenvalue weighted by atomic mass is 32.2. The van der Waals surface area contributed by atoms with Crippen LogP contribution in [0.15, 0.2) is 30.3 Å². The number of alkyl halides is 3. The third-order valence-electron chi connectivity index (χ3n) is 6.62. The number of benzene rings is 1. The van der Waals surface area contributed by atoms with Crippen LogP contribution in [0.4, 0.5) is 13.2 Å². The van der Waals surface area contributed by atoms with Crippen molar-refractivity contribution in [1.29, 1.82) is 0 Å². The van der Waals surface area contributed by atoms with Crippen molar-refractivity contribution in [3.05, 3.63) is 36.0 Å². The van der Waals surface area contributed by atoms with E-state index in [2.05, 4.69) is 16.5 Å². The molecule has 1 amide bonds. The van der Waals surface area contributed by atoms with Gasteiger partial charge in [0.05, 0.1) is 22.8 Å². The van der Waals surface area contributed by atoms with Gasteiger partial charge in [0.15, 0.2) is 0 Å². The number of carbonyl (C=O) groups excluding carboxylic acids is 1. The summed E-state index contributed by atoms with van der Waals surface area (Å²) >= 11 is 0. The van der Waals surface area contributed by atoms with Gasteiger partial charge in [0.2, 0.25) is 10.0 Å². The fourth-order valence-corrected chi connectivity index (χ4v) is 5.64. The lowest BCUT2D eigenvalue weighted by atomic mass is 10.2. The zero-order chi connectivity index (χ0) is 27.1. The molecule has 3 aromatic rings. The van der Waals surface area contributed by atoms with Crippen LogP contribution in [0, 0.1) is 5.92 Å². The molecule has 0 spiro atoms. The van der Waals surface area contributed by atoms with Gasteiger partial charge >= 0.3 is 12.1 Å². The number of carbonyl (C=O) groups is 2. The van der Waals surface area contributed by atoms with Crippen LogP contribution in [0.3, 0.4) is 0 Å². The van der Waals surface area contributed by atoms with Crippen molar-refractivity contribution < 1.29 is 36.3 Å². The Morgan fingerprint density at radius 3 is 2.30 bits per heavy atom. The van der Waals surface area contributed by atoms with Crippen molar-refractivity contribution in [2.24, 2.45) is 5.92 Å². The quantitative estimate of drug-likeness (QED) is 0.543. The minimum absolute atomic E-state index is 0.200. The molecule has 0 atom stereocenters. The number of carboxylic acid groups (broad SMARTS) is 1. The Bertz CT molecular complexity index is 1440. The lowest BCUT2D eigenvalue weighted by Crippen LogP contribution is -2.36. The number of hydrogen-bond donors (Lipinski definition) is 1. The number of rotatable bonds is 4. The molecular formula is C24H29F3N4O5S. The fourth-order valence-electron chi connectivity index (χ4n) is 4.63. The Balaban J connectivity index is 0.000000405. The van der Waals surface area contributed by atoms with E-state index in [1.165, 1.54) is 23.1 Å². The topological polar surface area (TPSA) is 105 Å². The second-order valence-corrected chi connectivity index (χ2v) is 11.4.